The van der Waals surface area contributed by atoms with Crippen LogP contribution in [-0.4, -0.2) is 19.0 Å². The number of ether oxygens (including phenoxy) is 2. The molecule has 0 bridgehead atoms. The molecule has 0 aromatic heterocycles. The lowest BCUT2D eigenvalue weighted by Gasteiger charge is -2.21. The van der Waals surface area contributed by atoms with E-state index in [9.17, 15) is 9.59 Å². The Hall–Kier alpha value is -2.10. The molecule has 17 heavy (non-hydrogen) atoms. The number of benzene rings is 1. The van der Waals surface area contributed by atoms with E-state index in [2.05, 4.69) is 4.74 Å². The van der Waals surface area contributed by atoms with Crippen LogP contribution >= 0.6 is 0 Å². The summed E-state index contributed by atoms with van der Waals surface area (Å²) in [5.41, 5.74) is -0.145. The summed E-state index contributed by atoms with van der Waals surface area (Å²) >= 11 is 0. The van der Waals surface area contributed by atoms with Crippen molar-refractivity contribution in [3.63, 3.8) is 0 Å². The number of hydrogen-bond donors (Lipinski definition) is 0. The first-order valence-electron chi connectivity index (χ1n) is 5.17. The van der Waals surface area contributed by atoms with Gasteiger partial charge in [0, 0.05) is 0 Å². The second-order valence-electron chi connectivity index (χ2n) is 3.91. The highest BCUT2D eigenvalue weighted by Crippen LogP contribution is 2.34. The largest absolute Gasteiger partial charge is 0.465 e. The molecule has 1 aliphatic heterocycles. The first-order valence-corrected chi connectivity index (χ1v) is 5.17. The molecule has 4 heteroatoms. The van der Waals surface area contributed by atoms with Crippen molar-refractivity contribution < 1.29 is 19.1 Å². The van der Waals surface area contributed by atoms with Gasteiger partial charge in [-0.25, -0.2) is 9.59 Å². The minimum atomic E-state index is -0.901. The summed E-state index contributed by atoms with van der Waals surface area (Å²) in [6.07, 6.45) is 1.50. The predicted octanol–water partition coefficient (Wildman–Crippen LogP) is 1.56. The van der Waals surface area contributed by atoms with Crippen molar-refractivity contribution in [2.45, 2.75) is 12.5 Å². The Morgan fingerprint density at radius 1 is 1.29 bits per heavy atom. The van der Waals surface area contributed by atoms with Crippen LogP contribution in [0.5, 0.6) is 0 Å². The van der Waals surface area contributed by atoms with Gasteiger partial charge in [-0.1, -0.05) is 30.3 Å². The normalized spacial score (nSPS) is 22.9. The molecule has 88 valence electrons. The van der Waals surface area contributed by atoms with Crippen LogP contribution in [0.4, 0.5) is 0 Å². The molecule has 2 rings (SSSR count). The van der Waals surface area contributed by atoms with Crippen molar-refractivity contribution in [2.24, 2.45) is 0 Å². The molecule has 0 unspecified atom stereocenters. The van der Waals surface area contributed by atoms with Gasteiger partial charge in [0.1, 0.15) is 5.57 Å². The number of rotatable bonds is 2. The van der Waals surface area contributed by atoms with E-state index in [0.717, 1.165) is 5.56 Å². The van der Waals surface area contributed by atoms with Crippen LogP contribution in [0.2, 0.25) is 0 Å². The molecule has 0 fully saturated rings. The lowest BCUT2D eigenvalue weighted by Crippen LogP contribution is -2.21. The average molecular weight is 232 g/mol. The standard InChI is InChI=1S/C13H12O4/c1-13(9-6-4-3-5-7-9)8-10(11(14)16-2)12(15)17-13/h3-8H,1-2H3/t13-/m1/s1. The predicted molar refractivity (Wildman–Crippen MR) is 60.0 cm³/mol. The molecule has 1 aromatic carbocycles. The van der Waals surface area contributed by atoms with E-state index in [0.29, 0.717) is 0 Å². The maximum atomic E-state index is 11.6. The summed E-state index contributed by atoms with van der Waals surface area (Å²) in [5, 5.41) is 0. The van der Waals surface area contributed by atoms with Gasteiger partial charge in [-0.05, 0) is 18.6 Å². The Kier molecular flexibility index (Phi) is 2.71. The Balaban J connectivity index is 2.40. The van der Waals surface area contributed by atoms with Crippen molar-refractivity contribution >= 4 is 11.9 Å². The minimum Gasteiger partial charge on any atom is -0.465 e. The van der Waals surface area contributed by atoms with Gasteiger partial charge in [0.2, 0.25) is 0 Å². The Labute approximate surface area is 98.8 Å². The van der Waals surface area contributed by atoms with Crippen LogP contribution in [0.3, 0.4) is 0 Å². The molecule has 0 radical (unpaired) electrons. The van der Waals surface area contributed by atoms with Crippen LogP contribution in [0.15, 0.2) is 42.0 Å². The monoisotopic (exact) mass is 232 g/mol. The lowest BCUT2D eigenvalue weighted by atomic mass is 9.95. The molecule has 1 atom stereocenters. The molecule has 0 aliphatic carbocycles. The molecular weight excluding hydrogens is 220 g/mol. The van der Waals surface area contributed by atoms with Crippen molar-refractivity contribution in [1.29, 1.82) is 0 Å². The number of methoxy groups -OCH3 is 1. The van der Waals surface area contributed by atoms with Gasteiger partial charge in [-0.15, -0.1) is 0 Å². The van der Waals surface area contributed by atoms with E-state index in [1.165, 1.54) is 13.2 Å². The van der Waals surface area contributed by atoms with E-state index >= 15 is 0 Å². The number of carbonyl (C=O) groups is 2. The van der Waals surface area contributed by atoms with E-state index in [1.54, 1.807) is 6.92 Å². The number of carbonyl (C=O) groups excluding carboxylic acids is 2. The SMILES string of the molecule is COC(=O)C1=C[C@](C)(c2ccccc2)OC1=O. The van der Waals surface area contributed by atoms with Crippen molar-refractivity contribution in [3.05, 3.63) is 47.5 Å². The Morgan fingerprint density at radius 2 is 1.94 bits per heavy atom. The molecule has 0 amide bonds. The van der Waals surface area contributed by atoms with Crippen molar-refractivity contribution in [2.75, 3.05) is 7.11 Å². The Morgan fingerprint density at radius 3 is 2.53 bits per heavy atom. The van der Waals surface area contributed by atoms with Crippen molar-refractivity contribution in [1.82, 2.24) is 0 Å². The smallest absolute Gasteiger partial charge is 0.346 e. The van der Waals surface area contributed by atoms with Gasteiger partial charge in [-0.3, -0.25) is 0 Å². The highest BCUT2D eigenvalue weighted by Gasteiger charge is 2.40. The van der Waals surface area contributed by atoms with Crippen molar-refractivity contribution in [3.8, 4) is 0 Å². The molecule has 1 heterocycles. The maximum absolute atomic E-state index is 11.6. The summed E-state index contributed by atoms with van der Waals surface area (Å²) in [5.74, 6) is -1.32. The topological polar surface area (TPSA) is 52.6 Å². The van der Waals surface area contributed by atoms with Crippen LogP contribution in [0.1, 0.15) is 12.5 Å². The van der Waals surface area contributed by atoms with E-state index in [4.69, 9.17) is 4.74 Å². The fourth-order valence-corrected chi connectivity index (χ4v) is 1.77. The molecule has 1 aliphatic rings. The highest BCUT2D eigenvalue weighted by molar-refractivity contribution is 6.15. The molecule has 1 aromatic rings. The summed E-state index contributed by atoms with van der Waals surface area (Å²) < 4.78 is 9.76. The van der Waals surface area contributed by atoms with Gasteiger partial charge in [-0.2, -0.15) is 0 Å². The third-order valence-corrected chi connectivity index (χ3v) is 2.70. The lowest BCUT2D eigenvalue weighted by molar-refractivity contribution is -0.149. The summed E-state index contributed by atoms with van der Waals surface area (Å²) in [7, 11) is 1.23. The van der Waals surface area contributed by atoms with E-state index in [1.807, 2.05) is 30.3 Å². The zero-order valence-corrected chi connectivity index (χ0v) is 9.60. The fraction of sp³-hybridized carbons (Fsp3) is 0.231. The van der Waals surface area contributed by atoms with Crippen LogP contribution in [-0.2, 0) is 24.7 Å². The van der Waals surface area contributed by atoms with E-state index < -0.39 is 17.5 Å². The molecular formula is C13H12O4. The number of cyclic esters (lactones) is 1. The van der Waals surface area contributed by atoms with Crippen LogP contribution < -0.4 is 0 Å². The third-order valence-electron chi connectivity index (χ3n) is 2.70. The summed E-state index contributed by atoms with van der Waals surface area (Å²) in [6, 6.07) is 9.24. The summed E-state index contributed by atoms with van der Waals surface area (Å²) in [4.78, 5) is 22.9. The average Bonchev–Trinajstić information content (AvgIpc) is 2.66. The number of hydrogen-bond acceptors (Lipinski definition) is 4. The van der Waals surface area contributed by atoms with Gasteiger partial charge in [0.15, 0.2) is 5.60 Å². The maximum Gasteiger partial charge on any atom is 0.346 e. The van der Waals surface area contributed by atoms with Gasteiger partial charge < -0.3 is 9.47 Å². The second kappa shape index (κ2) is 4.05. The van der Waals surface area contributed by atoms with Gasteiger partial charge in [0.05, 0.1) is 7.11 Å². The van der Waals surface area contributed by atoms with Crippen LogP contribution in [0, 0.1) is 0 Å². The minimum absolute atomic E-state index is 0.0566. The molecule has 0 saturated carbocycles. The molecule has 0 saturated heterocycles. The zero-order chi connectivity index (χ0) is 12.5. The molecule has 0 N–H and O–H groups in total. The fourth-order valence-electron chi connectivity index (χ4n) is 1.77. The van der Waals surface area contributed by atoms with Gasteiger partial charge in [0.25, 0.3) is 0 Å². The molecule has 0 spiro atoms. The third kappa shape index (κ3) is 1.93. The second-order valence-corrected chi connectivity index (χ2v) is 3.91. The van der Waals surface area contributed by atoms with Gasteiger partial charge >= 0.3 is 11.9 Å². The Bertz CT molecular complexity index is 489. The summed E-state index contributed by atoms with van der Waals surface area (Å²) in [6.45, 7) is 1.73. The van der Waals surface area contributed by atoms with Crippen LogP contribution in [0.25, 0.3) is 0 Å². The quantitative estimate of drug-likeness (QED) is 0.573. The first kappa shape index (κ1) is 11.4. The zero-order valence-electron chi connectivity index (χ0n) is 9.60. The first-order chi connectivity index (χ1) is 8.07. The highest BCUT2D eigenvalue weighted by atomic mass is 16.6. The molecule has 4 nitrogen and oxygen atoms in total. The number of esters is 2. The van der Waals surface area contributed by atoms with E-state index in [-0.39, 0.29) is 5.57 Å².